The first kappa shape index (κ1) is 24.6. The molecule has 2 aromatic rings. The van der Waals surface area contributed by atoms with Crippen molar-refractivity contribution in [1.82, 2.24) is 10.2 Å². The molecule has 0 saturated carbocycles. The highest BCUT2D eigenvalue weighted by molar-refractivity contribution is 6.01. The van der Waals surface area contributed by atoms with E-state index in [1.54, 1.807) is 24.3 Å². The third-order valence-corrected chi connectivity index (χ3v) is 5.75. The molecule has 2 aromatic carbocycles. The number of carbonyl (C=O) groups is 2. The first-order valence-electron chi connectivity index (χ1n) is 10.6. The summed E-state index contributed by atoms with van der Waals surface area (Å²) in [6.45, 7) is 2.10. The summed E-state index contributed by atoms with van der Waals surface area (Å²) < 4.78 is 45.6. The van der Waals surface area contributed by atoms with Gasteiger partial charge in [0.2, 0.25) is 11.8 Å². The van der Waals surface area contributed by atoms with E-state index in [9.17, 15) is 22.8 Å². The maximum atomic E-state index is 13.7. The highest BCUT2D eigenvalue weighted by Gasteiger charge is 2.40. The molecule has 1 heterocycles. The van der Waals surface area contributed by atoms with Gasteiger partial charge in [-0.3, -0.25) is 9.59 Å². The summed E-state index contributed by atoms with van der Waals surface area (Å²) in [5, 5.41) is 2.75. The zero-order valence-corrected chi connectivity index (χ0v) is 19.1. The molecule has 2 amide bonds. The van der Waals surface area contributed by atoms with Crippen molar-refractivity contribution in [2.24, 2.45) is 0 Å². The molecule has 9 heteroatoms. The van der Waals surface area contributed by atoms with Crippen molar-refractivity contribution >= 4 is 17.5 Å². The van der Waals surface area contributed by atoms with Crippen LogP contribution in [0, 0.1) is 0 Å². The van der Waals surface area contributed by atoms with Crippen LogP contribution in [0.4, 0.5) is 18.9 Å². The van der Waals surface area contributed by atoms with E-state index in [2.05, 4.69) is 5.32 Å². The van der Waals surface area contributed by atoms with Crippen LogP contribution in [0.1, 0.15) is 29.5 Å². The highest BCUT2D eigenvalue weighted by Crippen LogP contribution is 2.39. The Bertz CT molecular complexity index is 1010. The minimum atomic E-state index is -4.51. The van der Waals surface area contributed by atoms with E-state index in [-0.39, 0.29) is 24.8 Å². The number of nitrogens with one attached hydrogen (secondary N) is 1. The average molecular weight is 464 g/mol. The van der Waals surface area contributed by atoms with Crippen molar-refractivity contribution < 1.29 is 27.5 Å². The molecule has 1 N–H and O–H groups in total. The second-order valence-electron chi connectivity index (χ2n) is 8.40. The van der Waals surface area contributed by atoms with Crippen LogP contribution in [0.25, 0.3) is 0 Å². The van der Waals surface area contributed by atoms with Crippen LogP contribution in [-0.4, -0.2) is 57.1 Å². The van der Waals surface area contributed by atoms with Gasteiger partial charge in [0.05, 0.1) is 12.7 Å². The molecular weight excluding hydrogens is 435 g/mol. The first-order chi connectivity index (χ1) is 15.5. The molecule has 6 nitrogen and oxygen atoms in total. The molecule has 1 aliphatic rings. The Morgan fingerprint density at radius 2 is 1.85 bits per heavy atom. The lowest BCUT2D eigenvalue weighted by molar-refractivity contribution is -0.137. The molecule has 2 atom stereocenters. The van der Waals surface area contributed by atoms with Crippen molar-refractivity contribution in [1.29, 1.82) is 0 Å². The predicted octanol–water partition coefficient (Wildman–Crippen LogP) is 3.45. The highest BCUT2D eigenvalue weighted by atomic mass is 19.4. The Hall–Kier alpha value is -3.07. The molecule has 0 aliphatic carbocycles. The van der Waals surface area contributed by atoms with Gasteiger partial charge in [-0.1, -0.05) is 12.1 Å². The van der Waals surface area contributed by atoms with E-state index in [1.165, 1.54) is 25.0 Å². The topological polar surface area (TPSA) is 61.9 Å². The number of carbonyl (C=O) groups excluding carboxylic acids is 2. The van der Waals surface area contributed by atoms with Gasteiger partial charge in [0, 0.05) is 31.6 Å². The number of halogens is 3. The van der Waals surface area contributed by atoms with E-state index in [1.807, 2.05) is 19.0 Å². The van der Waals surface area contributed by atoms with Crippen molar-refractivity contribution in [2.45, 2.75) is 31.5 Å². The Morgan fingerprint density at radius 1 is 1.18 bits per heavy atom. The molecule has 0 fully saturated rings. The number of nitrogens with zero attached hydrogens (tertiary/aromatic N) is 2. The fraction of sp³-hybridized carbons (Fsp3) is 0.417. The van der Waals surface area contributed by atoms with E-state index in [0.29, 0.717) is 23.5 Å². The van der Waals surface area contributed by atoms with E-state index < -0.39 is 23.7 Å². The number of ether oxygens (including phenoxy) is 1. The third-order valence-electron chi connectivity index (χ3n) is 5.75. The summed E-state index contributed by atoms with van der Waals surface area (Å²) in [7, 11) is 5.23. The number of fused-ring (bicyclic) bond motifs is 1. The fourth-order valence-corrected chi connectivity index (χ4v) is 4.08. The molecule has 0 saturated heterocycles. The second kappa shape index (κ2) is 9.82. The number of rotatable bonds is 6. The molecule has 0 unspecified atom stereocenters. The lowest BCUT2D eigenvalue weighted by atomic mass is 9.85. The van der Waals surface area contributed by atoms with Gasteiger partial charge in [-0.05, 0) is 62.0 Å². The number of amides is 2. The van der Waals surface area contributed by atoms with E-state index in [0.717, 1.165) is 17.7 Å². The summed E-state index contributed by atoms with van der Waals surface area (Å²) in [5.74, 6) is -0.686. The van der Waals surface area contributed by atoms with Crippen molar-refractivity contribution in [2.75, 3.05) is 39.2 Å². The lowest BCUT2D eigenvalue weighted by Gasteiger charge is -2.30. The molecule has 178 valence electrons. The summed E-state index contributed by atoms with van der Waals surface area (Å²) in [6, 6.07) is 9.53. The van der Waals surface area contributed by atoms with Crippen LogP contribution in [0.5, 0.6) is 5.75 Å². The zero-order valence-electron chi connectivity index (χ0n) is 19.1. The van der Waals surface area contributed by atoms with Gasteiger partial charge in [-0.2, -0.15) is 13.2 Å². The van der Waals surface area contributed by atoms with Crippen LogP contribution in [0.2, 0.25) is 0 Å². The van der Waals surface area contributed by atoms with Gasteiger partial charge in [-0.15, -0.1) is 0 Å². The number of alkyl halides is 3. The summed E-state index contributed by atoms with van der Waals surface area (Å²) in [4.78, 5) is 29.1. The largest absolute Gasteiger partial charge is 0.497 e. The first-order valence-corrected chi connectivity index (χ1v) is 10.6. The second-order valence-corrected chi connectivity index (χ2v) is 8.40. The Morgan fingerprint density at radius 3 is 2.39 bits per heavy atom. The minimum absolute atomic E-state index is 0.154. The van der Waals surface area contributed by atoms with Crippen LogP contribution in [0.3, 0.4) is 0 Å². The molecule has 0 bridgehead atoms. The summed E-state index contributed by atoms with van der Waals surface area (Å²) in [6.07, 6.45) is -4.35. The van der Waals surface area contributed by atoms with Crippen molar-refractivity contribution in [3.8, 4) is 5.75 Å². The number of benzene rings is 2. The van der Waals surface area contributed by atoms with Gasteiger partial charge < -0.3 is 19.9 Å². The molecule has 1 aliphatic heterocycles. The summed E-state index contributed by atoms with van der Waals surface area (Å²) in [5.41, 5.74) is 0.792. The van der Waals surface area contributed by atoms with Gasteiger partial charge >= 0.3 is 6.18 Å². The quantitative estimate of drug-likeness (QED) is 0.713. The van der Waals surface area contributed by atoms with Crippen molar-refractivity contribution in [3.63, 3.8) is 0 Å². The summed E-state index contributed by atoms with van der Waals surface area (Å²) >= 11 is 0. The fourth-order valence-electron chi connectivity index (χ4n) is 4.08. The Kier molecular flexibility index (Phi) is 7.31. The smallest absolute Gasteiger partial charge is 0.416 e. The maximum Gasteiger partial charge on any atom is 0.416 e. The number of hydrogen-bond acceptors (Lipinski definition) is 4. The Balaban J connectivity index is 2.15. The third kappa shape index (κ3) is 5.65. The van der Waals surface area contributed by atoms with Gasteiger partial charge in [0.1, 0.15) is 11.8 Å². The van der Waals surface area contributed by atoms with Crippen molar-refractivity contribution in [3.05, 3.63) is 59.2 Å². The monoisotopic (exact) mass is 463 g/mol. The number of methoxy groups -OCH3 is 1. The van der Waals surface area contributed by atoms with Gasteiger partial charge in [-0.25, -0.2) is 0 Å². The lowest BCUT2D eigenvalue weighted by Crippen LogP contribution is -2.51. The van der Waals surface area contributed by atoms with Crippen LogP contribution in [0.15, 0.2) is 42.5 Å². The number of hydrogen-bond donors (Lipinski definition) is 1. The molecule has 3 rings (SSSR count). The standard InChI is InChI=1S/C24H28F3N3O3/c1-15(31)28-22-20(16-5-8-19(33-4)9-6-16)14-17-13-18(24(25,26)27)7-10-21(17)30(23(22)32)12-11-29(2)3/h5-10,13,20,22H,11-12,14H2,1-4H3,(H,28,31)/t20-,22+/m1/s1. The number of likely N-dealkylation sites (N-methyl/N-ethyl adjacent to an activating group) is 1. The average Bonchev–Trinajstić information content (AvgIpc) is 2.86. The van der Waals surface area contributed by atoms with E-state index >= 15 is 0 Å². The molecule has 0 spiro atoms. The van der Waals surface area contributed by atoms with Crippen LogP contribution in [-0.2, 0) is 22.2 Å². The maximum absolute atomic E-state index is 13.7. The molecule has 33 heavy (non-hydrogen) atoms. The van der Waals surface area contributed by atoms with E-state index in [4.69, 9.17) is 4.74 Å². The normalized spacial score (nSPS) is 18.7. The van der Waals surface area contributed by atoms with Gasteiger partial charge in [0.25, 0.3) is 0 Å². The van der Waals surface area contributed by atoms with Crippen LogP contribution >= 0.6 is 0 Å². The number of anilines is 1. The SMILES string of the molecule is COc1ccc([C@H]2Cc3cc(C(F)(F)F)ccc3N(CCN(C)C)C(=O)[C@H]2NC(C)=O)cc1. The Labute approximate surface area is 191 Å². The molecular formula is C24H28F3N3O3. The zero-order chi connectivity index (χ0) is 24.3. The minimum Gasteiger partial charge on any atom is -0.497 e. The van der Waals surface area contributed by atoms with Crippen LogP contribution < -0.4 is 15.0 Å². The molecule has 0 radical (unpaired) electrons. The van der Waals surface area contributed by atoms with Gasteiger partial charge in [0.15, 0.2) is 0 Å². The molecule has 0 aromatic heterocycles. The predicted molar refractivity (Wildman–Crippen MR) is 119 cm³/mol.